The molecule has 142 valence electrons. The first-order valence-corrected chi connectivity index (χ1v) is 11.6. The van der Waals surface area contributed by atoms with Crippen LogP contribution < -0.4 is 4.74 Å². The van der Waals surface area contributed by atoms with E-state index in [-0.39, 0.29) is 25.2 Å². The molecular weight excluding hydrogens is 378 g/mol. The maximum atomic E-state index is 11.1. The molecule has 2 rings (SSSR count). The van der Waals surface area contributed by atoms with Crippen molar-refractivity contribution in [1.82, 2.24) is 0 Å². The first-order chi connectivity index (χ1) is 12.1. The number of ether oxygens (including phenoxy) is 1. The molecule has 0 unspecified atom stereocenters. The lowest BCUT2D eigenvalue weighted by Gasteiger charge is -2.12. The summed E-state index contributed by atoms with van der Waals surface area (Å²) in [5, 5.41) is 0. The lowest BCUT2D eigenvalue weighted by Crippen LogP contribution is -2.01. The molecule has 0 aliphatic carbocycles. The molecule has 0 spiro atoms. The van der Waals surface area contributed by atoms with Crippen LogP contribution in [0.15, 0.2) is 48.5 Å². The summed E-state index contributed by atoms with van der Waals surface area (Å²) in [6.45, 7) is 0.320. The molecule has 0 amide bonds. The van der Waals surface area contributed by atoms with Gasteiger partial charge in [0, 0.05) is 0 Å². The van der Waals surface area contributed by atoms with Gasteiger partial charge in [0.1, 0.15) is 12.4 Å². The summed E-state index contributed by atoms with van der Waals surface area (Å²) in [6.07, 6.45) is -0.300. The molecule has 7 nitrogen and oxygen atoms in total. The number of hydrogen-bond donors (Lipinski definition) is 4. The zero-order chi connectivity index (χ0) is 19.2. The first-order valence-electron chi connectivity index (χ1n) is 7.99. The normalized spacial score (nSPS) is 12.2. The highest BCUT2D eigenvalue weighted by Gasteiger charge is 2.16. The van der Waals surface area contributed by atoms with Crippen LogP contribution >= 0.6 is 15.2 Å². The summed E-state index contributed by atoms with van der Waals surface area (Å²) in [5.41, 5.74) is 2.27. The second-order valence-electron chi connectivity index (χ2n) is 6.04. The third-order valence-corrected chi connectivity index (χ3v) is 5.27. The van der Waals surface area contributed by atoms with E-state index >= 15 is 0 Å². The van der Waals surface area contributed by atoms with E-state index < -0.39 is 15.2 Å². The predicted octanol–water partition coefficient (Wildman–Crippen LogP) is 2.71. The predicted molar refractivity (Wildman–Crippen MR) is 98.4 cm³/mol. The highest BCUT2D eigenvalue weighted by atomic mass is 31.2. The molecule has 0 saturated heterocycles. The minimum atomic E-state index is -4.13. The van der Waals surface area contributed by atoms with Crippen LogP contribution in [-0.4, -0.2) is 31.9 Å². The molecule has 9 heteroatoms. The van der Waals surface area contributed by atoms with Gasteiger partial charge in [-0.15, -0.1) is 0 Å². The Labute approximate surface area is 152 Å². The quantitative estimate of drug-likeness (QED) is 0.477. The van der Waals surface area contributed by atoms with E-state index in [1.54, 1.807) is 18.2 Å². The Morgan fingerprint density at radius 2 is 1.23 bits per heavy atom. The van der Waals surface area contributed by atoms with Crippen molar-refractivity contribution in [2.45, 2.75) is 19.4 Å². The topological polar surface area (TPSA) is 124 Å². The van der Waals surface area contributed by atoms with Gasteiger partial charge >= 0.3 is 15.2 Å². The molecule has 2 aromatic carbocycles. The Bertz CT molecular complexity index is 767. The Morgan fingerprint density at radius 3 is 1.69 bits per heavy atom. The second kappa shape index (κ2) is 8.96. The van der Waals surface area contributed by atoms with E-state index in [1.807, 2.05) is 30.3 Å². The summed E-state index contributed by atoms with van der Waals surface area (Å²) in [7, 11) is -8.26. The van der Waals surface area contributed by atoms with E-state index in [4.69, 9.17) is 24.3 Å². The molecule has 0 aliphatic rings. The van der Waals surface area contributed by atoms with Crippen molar-refractivity contribution in [3.05, 3.63) is 65.2 Å². The van der Waals surface area contributed by atoms with Gasteiger partial charge in [0.15, 0.2) is 0 Å². The maximum absolute atomic E-state index is 11.1. The van der Waals surface area contributed by atoms with Gasteiger partial charge in [0.2, 0.25) is 0 Å². The van der Waals surface area contributed by atoms with Crippen molar-refractivity contribution in [2.24, 2.45) is 0 Å². The molecule has 0 aromatic heterocycles. The van der Waals surface area contributed by atoms with E-state index in [0.29, 0.717) is 23.5 Å². The average Bonchev–Trinajstić information content (AvgIpc) is 2.56. The van der Waals surface area contributed by atoms with Crippen LogP contribution in [0.3, 0.4) is 0 Å². The fourth-order valence-corrected chi connectivity index (χ4v) is 3.49. The number of benzene rings is 2. The van der Waals surface area contributed by atoms with Gasteiger partial charge < -0.3 is 24.3 Å². The summed E-state index contributed by atoms with van der Waals surface area (Å²) in [5.74, 6) is 0.498. The van der Waals surface area contributed by atoms with Crippen LogP contribution in [0.5, 0.6) is 5.75 Å². The Balaban J connectivity index is 2.15. The van der Waals surface area contributed by atoms with Crippen LogP contribution in [-0.2, 0) is 28.6 Å². The Morgan fingerprint density at radius 1 is 0.731 bits per heavy atom. The van der Waals surface area contributed by atoms with Crippen molar-refractivity contribution in [2.75, 3.05) is 12.3 Å². The lowest BCUT2D eigenvalue weighted by atomic mass is 10.1. The minimum absolute atomic E-state index is 0.149. The zero-order valence-corrected chi connectivity index (χ0v) is 15.9. The number of rotatable bonds is 9. The van der Waals surface area contributed by atoms with Crippen molar-refractivity contribution in [3.8, 4) is 5.75 Å². The average molecular weight is 400 g/mol. The molecule has 0 bridgehead atoms. The van der Waals surface area contributed by atoms with E-state index in [0.717, 1.165) is 5.56 Å². The summed E-state index contributed by atoms with van der Waals surface area (Å²) < 4.78 is 28.0. The van der Waals surface area contributed by atoms with Crippen molar-refractivity contribution in [3.63, 3.8) is 0 Å². The molecule has 0 aliphatic heterocycles. The largest absolute Gasteiger partial charge is 0.489 e. The van der Waals surface area contributed by atoms with Crippen LogP contribution in [0.2, 0.25) is 0 Å². The number of aryl methyl sites for hydroxylation is 2. The number of hydrogen-bond acceptors (Lipinski definition) is 3. The van der Waals surface area contributed by atoms with Gasteiger partial charge in [0.25, 0.3) is 0 Å². The summed E-state index contributed by atoms with van der Waals surface area (Å²) in [4.78, 5) is 36.2. The minimum Gasteiger partial charge on any atom is -0.489 e. The highest BCUT2D eigenvalue weighted by Crippen LogP contribution is 2.37. The van der Waals surface area contributed by atoms with Crippen LogP contribution in [0.1, 0.15) is 16.7 Å². The highest BCUT2D eigenvalue weighted by molar-refractivity contribution is 7.52. The lowest BCUT2D eigenvalue weighted by molar-refractivity contribution is 0.305. The molecule has 0 fully saturated rings. The SMILES string of the molecule is O=P(O)(O)CCc1cc(CCP(=O)(O)O)cc(OCc2ccccc2)c1. The molecule has 2 aromatic rings. The van der Waals surface area contributed by atoms with E-state index in [1.165, 1.54) is 0 Å². The summed E-state index contributed by atoms with van der Waals surface area (Å²) in [6, 6.07) is 14.6. The molecule has 0 saturated carbocycles. The molecule has 0 heterocycles. The van der Waals surface area contributed by atoms with Crippen molar-refractivity contribution >= 4 is 15.2 Å². The molecule has 4 N–H and O–H groups in total. The summed E-state index contributed by atoms with van der Waals surface area (Å²) >= 11 is 0. The van der Waals surface area contributed by atoms with Crippen LogP contribution in [0.4, 0.5) is 0 Å². The Hall–Kier alpha value is -1.46. The van der Waals surface area contributed by atoms with E-state index in [9.17, 15) is 9.13 Å². The standard InChI is InChI=1S/C17H22O7P2/c18-25(19,20)8-6-15-10-16(7-9-26(21,22)23)12-17(11-15)24-13-14-4-2-1-3-5-14/h1-5,10-12H,6-9,13H2,(H2,18,19,20)(H2,21,22,23). The smallest absolute Gasteiger partial charge is 0.325 e. The molecule has 26 heavy (non-hydrogen) atoms. The zero-order valence-electron chi connectivity index (χ0n) is 14.1. The molecular formula is C17H22O7P2. The van der Waals surface area contributed by atoms with Crippen LogP contribution in [0.25, 0.3) is 0 Å². The Kier molecular flexibility index (Phi) is 7.18. The van der Waals surface area contributed by atoms with E-state index in [2.05, 4.69) is 0 Å². The van der Waals surface area contributed by atoms with Gasteiger partial charge in [-0.3, -0.25) is 9.13 Å². The van der Waals surface area contributed by atoms with Gasteiger partial charge in [-0.2, -0.15) is 0 Å². The van der Waals surface area contributed by atoms with Gasteiger partial charge in [-0.25, -0.2) is 0 Å². The van der Waals surface area contributed by atoms with Crippen molar-refractivity contribution in [1.29, 1.82) is 0 Å². The van der Waals surface area contributed by atoms with Crippen molar-refractivity contribution < 1.29 is 33.4 Å². The van der Waals surface area contributed by atoms with Gasteiger partial charge in [-0.05, 0) is 41.7 Å². The third kappa shape index (κ3) is 8.28. The molecule has 0 radical (unpaired) electrons. The molecule has 0 atom stereocenters. The second-order valence-corrected chi connectivity index (χ2v) is 9.59. The third-order valence-electron chi connectivity index (χ3n) is 3.66. The van der Waals surface area contributed by atoms with Gasteiger partial charge in [-0.1, -0.05) is 36.4 Å². The monoisotopic (exact) mass is 400 g/mol. The van der Waals surface area contributed by atoms with Crippen LogP contribution in [0, 0.1) is 0 Å². The fraction of sp³-hybridized carbons (Fsp3) is 0.294. The first kappa shape index (κ1) is 20.8. The maximum Gasteiger partial charge on any atom is 0.325 e. The van der Waals surface area contributed by atoms with Gasteiger partial charge in [0.05, 0.1) is 12.3 Å². The fourth-order valence-electron chi connectivity index (χ4n) is 2.39.